The van der Waals surface area contributed by atoms with Crippen molar-refractivity contribution in [3.05, 3.63) is 89.3 Å². The zero-order chi connectivity index (χ0) is 20.9. The summed E-state index contributed by atoms with van der Waals surface area (Å²) in [6.07, 6.45) is 9.27. The Morgan fingerprint density at radius 1 is 1.10 bits per heavy atom. The number of aryl methyl sites for hydroxylation is 1. The van der Waals surface area contributed by atoms with E-state index in [9.17, 15) is 9.18 Å². The summed E-state index contributed by atoms with van der Waals surface area (Å²) in [5.41, 5.74) is 3.01. The highest BCUT2D eigenvalue weighted by Gasteiger charge is 2.27. The number of imidazole rings is 1. The molecule has 156 valence electrons. The topological polar surface area (TPSA) is 38.1 Å². The van der Waals surface area contributed by atoms with Crippen molar-refractivity contribution in [2.45, 2.75) is 58.2 Å². The van der Waals surface area contributed by atoms with Crippen molar-refractivity contribution in [3.63, 3.8) is 0 Å². The molecule has 4 nitrogen and oxygen atoms in total. The fraction of sp³-hybridized carbons (Fsp3) is 0.360. The van der Waals surface area contributed by atoms with E-state index in [1.807, 2.05) is 23.2 Å². The number of hydrogen-bond acceptors (Lipinski definition) is 2. The fourth-order valence-corrected chi connectivity index (χ4v) is 4.28. The molecule has 1 amide bonds. The van der Waals surface area contributed by atoms with Gasteiger partial charge in [-0.2, -0.15) is 0 Å². The lowest BCUT2D eigenvalue weighted by Crippen LogP contribution is -2.41. The summed E-state index contributed by atoms with van der Waals surface area (Å²) >= 11 is 0. The minimum absolute atomic E-state index is 0.0488. The highest BCUT2D eigenvalue weighted by Crippen LogP contribution is 2.26. The second-order valence-corrected chi connectivity index (χ2v) is 8.13. The molecule has 4 rings (SSSR count). The third-order valence-electron chi connectivity index (χ3n) is 6.08. The van der Waals surface area contributed by atoms with Crippen LogP contribution < -0.4 is 0 Å². The van der Waals surface area contributed by atoms with E-state index in [4.69, 9.17) is 0 Å². The molecular formula is C25H28FN3O. The summed E-state index contributed by atoms with van der Waals surface area (Å²) in [5.74, 6) is 0.496. The largest absolute Gasteiger partial charge is 0.329 e. The first kappa shape index (κ1) is 20.3. The lowest BCUT2D eigenvalue weighted by atomic mass is 9.93. The molecule has 0 atom stereocenters. The first-order chi connectivity index (χ1) is 14.6. The molecular weight excluding hydrogens is 377 g/mol. The molecule has 1 aromatic heterocycles. The van der Waals surface area contributed by atoms with Gasteiger partial charge in [0, 0.05) is 30.5 Å². The average Bonchev–Trinajstić information content (AvgIpc) is 3.21. The molecule has 2 aromatic carbocycles. The maximum absolute atomic E-state index is 13.4. The normalized spacial score (nSPS) is 14.6. The third kappa shape index (κ3) is 4.61. The van der Waals surface area contributed by atoms with Crippen molar-refractivity contribution in [1.29, 1.82) is 0 Å². The summed E-state index contributed by atoms with van der Waals surface area (Å²) in [4.78, 5) is 19.9. The fourth-order valence-electron chi connectivity index (χ4n) is 4.28. The van der Waals surface area contributed by atoms with Crippen LogP contribution in [-0.2, 0) is 13.1 Å². The number of nitrogens with zero attached hydrogens (tertiary/aromatic N) is 3. The summed E-state index contributed by atoms with van der Waals surface area (Å²) in [7, 11) is 0. The van der Waals surface area contributed by atoms with Crippen LogP contribution in [0.15, 0.2) is 60.9 Å². The van der Waals surface area contributed by atoms with Crippen molar-refractivity contribution in [3.8, 4) is 0 Å². The van der Waals surface area contributed by atoms with Gasteiger partial charge >= 0.3 is 0 Å². The van der Waals surface area contributed by atoms with Gasteiger partial charge in [0.25, 0.3) is 5.91 Å². The molecule has 5 heteroatoms. The standard InChI is InChI=1S/C25H28FN3O/c1-19-7-5-6-8-21(19)17-28-16-15-27-24(28)18-29(23-9-3-2-4-10-23)25(30)20-11-13-22(26)14-12-20/h5-8,11-16,23H,2-4,9-10,17-18H2,1H3. The second kappa shape index (κ2) is 9.24. The summed E-state index contributed by atoms with van der Waals surface area (Å²) in [5, 5.41) is 0. The van der Waals surface area contributed by atoms with Crippen molar-refractivity contribution in [2.75, 3.05) is 0 Å². The molecule has 0 saturated heterocycles. The van der Waals surface area contributed by atoms with Gasteiger partial charge in [-0.3, -0.25) is 4.79 Å². The predicted molar refractivity (Wildman–Crippen MR) is 116 cm³/mol. The third-order valence-corrected chi connectivity index (χ3v) is 6.08. The minimum Gasteiger partial charge on any atom is -0.329 e. The predicted octanol–water partition coefficient (Wildman–Crippen LogP) is 5.35. The molecule has 3 aromatic rings. The van der Waals surface area contributed by atoms with Crippen LogP contribution in [0.5, 0.6) is 0 Å². The lowest BCUT2D eigenvalue weighted by molar-refractivity contribution is 0.0605. The van der Waals surface area contributed by atoms with Gasteiger partial charge in [-0.25, -0.2) is 9.37 Å². The van der Waals surface area contributed by atoms with Crippen LogP contribution in [0.3, 0.4) is 0 Å². The van der Waals surface area contributed by atoms with E-state index in [1.165, 1.54) is 29.7 Å². The zero-order valence-corrected chi connectivity index (χ0v) is 17.4. The van der Waals surface area contributed by atoms with Gasteiger partial charge < -0.3 is 9.47 Å². The molecule has 0 radical (unpaired) electrons. The van der Waals surface area contributed by atoms with Crippen molar-refractivity contribution >= 4 is 5.91 Å². The van der Waals surface area contributed by atoms with Crippen LogP contribution in [0, 0.1) is 12.7 Å². The SMILES string of the molecule is Cc1ccccc1Cn1ccnc1CN(C(=O)c1ccc(F)cc1)C1CCCCC1. The first-order valence-electron chi connectivity index (χ1n) is 10.7. The van der Waals surface area contributed by atoms with Crippen LogP contribution in [0.25, 0.3) is 0 Å². The van der Waals surface area contributed by atoms with E-state index in [2.05, 4.69) is 28.6 Å². The number of carbonyl (C=O) groups excluding carboxylic acids is 1. The maximum Gasteiger partial charge on any atom is 0.254 e. The lowest BCUT2D eigenvalue weighted by Gasteiger charge is -2.34. The highest BCUT2D eigenvalue weighted by molar-refractivity contribution is 5.94. The van der Waals surface area contributed by atoms with Gasteiger partial charge in [-0.1, -0.05) is 43.5 Å². The molecule has 0 aliphatic heterocycles. The molecule has 1 heterocycles. The molecule has 1 fully saturated rings. The van der Waals surface area contributed by atoms with E-state index >= 15 is 0 Å². The Bertz CT molecular complexity index is 990. The average molecular weight is 406 g/mol. The summed E-state index contributed by atoms with van der Waals surface area (Å²) < 4.78 is 15.5. The Labute approximate surface area is 177 Å². The van der Waals surface area contributed by atoms with E-state index in [0.717, 1.165) is 38.1 Å². The minimum atomic E-state index is -0.329. The van der Waals surface area contributed by atoms with Crippen LogP contribution in [0.1, 0.15) is 59.4 Å². The Kier molecular flexibility index (Phi) is 6.26. The van der Waals surface area contributed by atoms with Crippen LogP contribution in [0.4, 0.5) is 4.39 Å². The second-order valence-electron chi connectivity index (χ2n) is 8.13. The molecule has 1 saturated carbocycles. The van der Waals surface area contributed by atoms with Gasteiger partial charge in [0.2, 0.25) is 0 Å². The number of hydrogen-bond donors (Lipinski definition) is 0. The van der Waals surface area contributed by atoms with Gasteiger partial charge in [-0.15, -0.1) is 0 Å². The van der Waals surface area contributed by atoms with Gasteiger partial charge in [-0.05, 0) is 55.2 Å². The van der Waals surface area contributed by atoms with E-state index in [-0.39, 0.29) is 17.8 Å². The highest BCUT2D eigenvalue weighted by atomic mass is 19.1. The first-order valence-corrected chi connectivity index (χ1v) is 10.7. The molecule has 1 aliphatic rings. The van der Waals surface area contributed by atoms with Crippen LogP contribution in [0.2, 0.25) is 0 Å². The number of halogens is 1. The Hall–Kier alpha value is -2.95. The Morgan fingerprint density at radius 2 is 1.83 bits per heavy atom. The monoisotopic (exact) mass is 405 g/mol. The maximum atomic E-state index is 13.4. The zero-order valence-electron chi connectivity index (χ0n) is 17.4. The molecule has 0 unspecified atom stereocenters. The number of amides is 1. The Balaban J connectivity index is 1.59. The quantitative estimate of drug-likeness (QED) is 0.554. The van der Waals surface area contributed by atoms with E-state index < -0.39 is 0 Å². The number of aromatic nitrogens is 2. The molecule has 1 aliphatic carbocycles. The molecule has 30 heavy (non-hydrogen) atoms. The molecule has 0 N–H and O–H groups in total. The van der Waals surface area contributed by atoms with E-state index in [0.29, 0.717) is 12.1 Å². The van der Waals surface area contributed by atoms with Gasteiger partial charge in [0.1, 0.15) is 11.6 Å². The Morgan fingerprint density at radius 3 is 2.57 bits per heavy atom. The number of benzene rings is 2. The van der Waals surface area contributed by atoms with E-state index in [1.54, 1.807) is 18.3 Å². The van der Waals surface area contributed by atoms with Crippen molar-refractivity contribution in [1.82, 2.24) is 14.5 Å². The number of rotatable bonds is 6. The molecule has 0 spiro atoms. The van der Waals surface area contributed by atoms with Crippen LogP contribution in [-0.4, -0.2) is 26.4 Å². The van der Waals surface area contributed by atoms with Gasteiger partial charge in [0.05, 0.1) is 6.54 Å². The smallest absolute Gasteiger partial charge is 0.254 e. The number of carbonyl (C=O) groups is 1. The van der Waals surface area contributed by atoms with Crippen molar-refractivity contribution in [2.24, 2.45) is 0 Å². The van der Waals surface area contributed by atoms with Gasteiger partial charge in [0.15, 0.2) is 0 Å². The van der Waals surface area contributed by atoms with Crippen molar-refractivity contribution < 1.29 is 9.18 Å². The summed E-state index contributed by atoms with van der Waals surface area (Å²) in [6.45, 7) is 3.29. The summed E-state index contributed by atoms with van der Waals surface area (Å²) in [6, 6.07) is 14.4. The van der Waals surface area contributed by atoms with Crippen LogP contribution >= 0.6 is 0 Å². The molecule has 0 bridgehead atoms.